The van der Waals surface area contributed by atoms with Crippen molar-refractivity contribution in [3.05, 3.63) is 59.8 Å². The predicted octanol–water partition coefficient (Wildman–Crippen LogP) is 2.82. The molecule has 0 aliphatic rings. The molecule has 1 aromatic carbocycles. The van der Waals surface area contributed by atoms with Gasteiger partial charge in [-0.2, -0.15) is 0 Å². The number of pyridine rings is 1. The molecule has 0 saturated carbocycles. The van der Waals surface area contributed by atoms with Gasteiger partial charge in [-0.3, -0.25) is 4.79 Å². The van der Waals surface area contributed by atoms with Gasteiger partial charge in [0.15, 0.2) is 0 Å². The Kier molecular flexibility index (Phi) is 9.02. The van der Waals surface area contributed by atoms with E-state index in [1.54, 1.807) is 52.1 Å². The molecular weight excluding hydrogens is 370 g/mol. The van der Waals surface area contributed by atoms with Crippen LogP contribution in [0.1, 0.15) is 22.3 Å². The Morgan fingerprint density at radius 1 is 1.08 bits per heavy atom. The maximum Gasteiger partial charge on any atom is 0.335 e. The quantitative estimate of drug-likeness (QED) is 0.401. The molecule has 6 nitrogen and oxygen atoms in total. The van der Waals surface area contributed by atoms with Gasteiger partial charge in [-0.05, 0) is 40.6 Å². The van der Waals surface area contributed by atoms with Crippen LogP contribution < -0.4 is 10.6 Å². The lowest BCUT2D eigenvalue weighted by Crippen LogP contribution is -2.31. The normalized spacial score (nSPS) is 10.5. The number of nitrogens with one attached hydrogen (secondary N) is 2. The molecule has 138 valence electrons. The zero-order valence-electron chi connectivity index (χ0n) is 14.2. The molecule has 0 atom stereocenters. The van der Waals surface area contributed by atoms with E-state index in [0.717, 1.165) is 16.3 Å². The Morgan fingerprint density at radius 3 is 2.58 bits per heavy atom. The van der Waals surface area contributed by atoms with Crippen LogP contribution in [0, 0.1) is 0 Å². The number of amides is 1. The number of rotatable bonds is 11. The van der Waals surface area contributed by atoms with Crippen LogP contribution in [0.2, 0.25) is 0 Å². The van der Waals surface area contributed by atoms with Crippen LogP contribution in [0.15, 0.2) is 53.7 Å². The molecule has 1 aromatic heterocycles. The van der Waals surface area contributed by atoms with E-state index in [-0.39, 0.29) is 11.5 Å². The largest absolute Gasteiger partial charge is 0.478 e. The molecule has 0 aliphatic carbocycles. The van der Waals surface area contributed by atoms with Crippen molar-refractivity contribution in [2.24, 2.45) is 0 Å². The number of hydrogen-bond acceptors (Lipinski definition) is 6. The fourth-order valence-electron chi connectivity index (χ4n) is 2.01. The summed E-state index contributed by atoms with van der Waals surface area (Å²) in [6.45, 7) is 1.85. The van der Waals surface area contributed by atoms with Gasteiger partial charge in [0.05, 0.1) is 5.56 Å². The van der Waals surface area contributed by atoms with E-state index in [2.05, 4.69) is 15.6 Å². The van der Waals surface area contributed by atoms with E-state index in [1.807, 2.05) is 18.2 Å². The number of carbonyl (C=O) groups excluding carboxylic acids is 1. The molecule has 2 aromatic rings. The van der Waals surface area contributed by atoms with Crippen molar-refractivity contribution in [3.8, 4) is 0 Å². The topological polar surface area (TPSA) is 91.3 Å². The second kappa shape index (κ2) is 11.6. The number of hydrogen-bond donors (Lipinski definition) is 3. The first-order valence-electron chi connectivity index (χ1n) is 8.15. The summed E-state index contributed by atoms with van der Waals surface area (Å²) < 4.78 is 0. The van der Waals surface area contributed by atoms with Crippen molar-refractivity contribution in [2.45, 2.75) is 18.0 Å². The predicted molar refractivity (Wildman–Crippen MR) is 105 cm³/mol. The first kappa shape index (κ1) is 20.3. The van der Waals surface area contributed by atoms with Gasteiger partial charge in [0.25, 0.3) is 0 Å². The molecule has 26 heavy (non-hydrogen) atoms. The highest BCUT2D eigenvalue weighted by atomic mass is 33.1. The van der Waals surface area contributed by atoms with E-state index < -0.39 is 5.97 Å². The average Bonchev–Trinajstić information content (AvgIpc) is 2.66. The van der Waals surface area contributed by atoms with E-state index in [9.17, 15) is 9.59 Å². The van der Waals surface area contributed by atoms with Crippen LogP contribution in [-0.4, -0.2) is 40.8 Å². The van der Waals surface area contributed by atoms with E-state index >= 15 is 0 Å². The minimum Gasteiger partial charge on any atom is -0.478 e. The van der Waals surface area contributed by atoms with Crippen LogP contribution in [0.25, 0.3) is 0 Å². The second-order valence-electron chi connectivity index (χ2n) is 5.35. The second-order valence-corrected chi connectivity index (χ2v) is 7.79. The van der Waals surface area contributed by atoms with Crippen molar-refractivity contribution in [1.29, 1.82) is 0 Å². The Labute approximate surface area is 160 Å². The molecule has 1 amide bonds. The number of aromatic nitrogens is 1. The molecule has 0 saturated heterocycles. The van der Waals surface area contributed by atoms with Crippen molar-refractivity contribution < 1.29 is 14.7 Å². The lowest BCUT2D eigenvalue weighted by molar-refractivity contribution is -0.120. The highest BCUT2D eigenvalue weighted by molar-refractivity contribution is 8.76. The molecule has 3 N–H and O–H groups in total. The summed E-state index contributed by atoms with van der Waals surface area (Å²) >= 11 is 0. The SMILES string of the molecule is O=C(CCSSc1ccccn1)NCCNCc1ccc(C(=O)O)cc1. The lowest BCUT2D eigenvalue weighted by atomic mass is 10.1. The number of nitrogens with zero attached hydrogens (tertiary/aromatic N) is 1. The van der Waals surface area contributed by atoms with Crippen molar-refractivity contribution in [2.75, 3.05) is 18.8 Å². The third-order valence-corrected chi connectivity index (χ3v) is 5.62. The van der Waals surface area contributed by atoms with Gasteiger partial charge >= 0.3 is 5.97 Å². The highest BCUT2D eigenvalue weighted by Gasteiger charge is 2.03. The zero-order chi connectivity index (χ0) is 18.6. The molecule has 2 rings (SSSR count). The monoisotopic (exact) mass is 391 g/mol. The number of benzene rings is 1. The van der Waals surface area contributed by atoms with Gasteiger partial charge in [-0.25, -0.2) is 9.78 Å². The first-order chi connectivity index (χ1) is 12.6. The third kappa shape index (κ3) is 7.90. The van der Waals surface area contributed by atoms with Crippen LogP contribution in [0.5, 0.6) is 0 Å². The summed E-state index contributed by atoms with van der Waals surface area (Å²) in [5.74, 6) is -0.160. The molecule has 0 unspecified atom stereocenters. The van der Waals surface area contributed by atoms with Gasteiger partial charge in [0.1, 0.15) is 5.03 Å². The third-order valence-electron chi connectivity index (χ3n) is 3.35. The molecule has 0 aliphatic heterocycles. The van der Waals surface area contributed by atoms with Crippen LogP contribution in [0.3, 0.4) is 0 Å². The Balaban J connectivity index is 1.50. The van der Waals surface area contributed by atoms with Crippen molar-refractivity contribution in [3.63, 3.8) is 0 Å². The number of carboxylic acids is 1. The van der Waals surface area contributed by atoms with Gasteiger partial charge in [-0.15, -0.1) is 0 Å². The number of carboxylic acid groups (broad SMARTS) is 1. The zero-order valence-corrected chi connectivity index (χ0v) is 15.8. The van der Waals surface area contributed by atoms with Crippen molar-refractivity contribution in [1.82, 2.24) is 15.6 Å². The Bertz CT molecular complexity index is 697. The number of carbonyl (C=O) groups is 2. The van der Waals surface area contributed by atoms with Gasteiger partial charge in [-0.1, -0.05) is 29.0 Å². The molecule has 0 fully saturated rings. The standard InChI is InChI=1S/C18H21N3O3S2/c22-16(8-12-25-26-17-3-1-2-9-21-17)20-11-10-19-13-14-4-6-15(7-5-14)18(23)24/h1-7,9,19H,8,10-13H2,(H,20,22)(H,23,24). The van der Waals surface area contributed by atoms with Crippen molar-refractivity contribution >= 4 is 33.5 Å². The summed E-state index contributed by atoms with van der Waals surface area (Å²) in [6, 6.07) is 12.5. The summed E-state index contributed by atoms with van der Waals surface area (Å²) in [7, 11) is 3.19. The molecule has 8 heteroatoms. The summed E-state index contributed by atoms with van der Waals surface area (Å²) in [6.07, 6.45) is 2.23. The summed E-state index contributed by atoms with van der Waals surface area (Å²) in [5, 5.41) is 15.9. The minimum atomic E-state index is -0.927. The van der Waals surface area contributed by atoms with Gasteiger partial charge in [0.2, 0.25) is 5.91 Å². The maximum absolute atomic E-state index is 11.8. The molecule has 0 radical (unpaired) electrons. The fourth-order valence-corrected chi connectivity index (χ4v) is 3.88. The molecular formula is C18H21N3O3S2. The minimum absolute atomic E-state index is 0.0340. The lowest BCUT2D eigenvalue weighted by Gasteiger charge is -2.07. The van der Waals surface area contributed by atoms with E-state index in [0.29, 0.717) is 26.1 Å². The van der Waals surface area contributed by atoms with E-state index in [1.165, 1.54) is 0 Å². The average molecular weight is 392 g/mol. The van der Waals surface area contributed by atoms with Crippen LogP contribution >= 0.6 is 21.6 Å². The smallest absolute Gasteiger partial charge is 0.335 e. The molecule has 0 bridgehead atoms. The Morgan fingerprint density at radius 2 is 1.88 bits per heavy atom. The van der Waals surface area contributed by atoms with Crippen LogP contribution in [-0.2, 0) is 11.3 Å². The summed E-state index contributed by atoms with van der Waals surface area (Å²) in [5.41, 5.74) is 1.28. The Hall–Kier alpha value is -2.03. The van der Waals surface area contributed by atoms with Gasteiger partial charge in [0, 0.05) is 38.0 Å². The number of aromatic carboxylic acids is 1. The summed E-state index contributed by atoms with van der Waals surface area (Å²) in [4.78, 5) is 26.7. The fraction of sp³-hybridized carbons (Fsp3) is 0.278. The maximum atomic E-state index is 11.8. The molecule has 1 heterocycles. The van der Waals surface area contributed by atoms with Crippen LogP contribution in [0.4, 0.5) is 0 Å². The van der Waals surface area contributed by atoms with Gasteiger partial charge < -0.3 is 15.7 Å². The van der Waals surface area contributed by atoms with E-state index in [4.69, 9.17) is 5.11 Å². The first-order valence-corrected chi connectivity index (χ1v) is 10.5. The molecule has 0 spiro atoms. The highest BCUT2D eigenvalue weighted by Crippen LogP contribution is 2.29.